The van der Waals surface area contributed by atoms with Gasteiger partial charge in [0.15, 0.2) is 0 Å². The Morgan fingerprint density at radius 3 is 2.50 bits per heavy atom. The van der Waals surface area contributed by atoms with Crippen LogP contribution in [-0.4, -0.2) is 18.3 Å². The summed E-state index contributed by atoms with van der Waals surface area (Å²) in [7, 11) is 0. The molecular weight excluding hydrogens is 253 g/mol. The smallest absolute Gasteiger partial charge is 0.127 e. The van der Waals surface area contributed by atoms with Gasteiger partial charge in [0.25, 0.3) is 0 Å². The number of nitrogens with two attached hydrogens (primary N) is 1. The number of hydrogen-bond acceptors (Lipinski definition) is 2. The molecule has 2 nitrogen and oxygen atoms in total. The maximum atomic E-state index is 14.1. The topological polar surface area (TPSA) is 46.2 Å². The lowest BCUT2D eigenvalue weighted by Gasteiger charge is -2.35. The number of benzene rings is 1. The molecule has 0 amide bonds. The highest BCUT2D eigenvalue weighted by molar-refractivity contribution is 5.28. The summed E-state index contributed by atoms with van der Waals surface area (Å²) in [5, 5.41) is 9.88. The fraction of sp³-hybridized carbons (Fsp3) is 0.647. The molecule has 0 heterocycles. The van der Waals surface area contributed by atoms with E-state index in [9.17, 15) is 9.50 Å². The third-order valence-corrected chi connectivity index (χ3v) is 4.36. The lowest BCUT2D eigenvalue weighted by Crippen LogP contribution is -2.41. The summed E-state index contributed by atoms with van der Waals surface area (Å²) in [5.41, 5.74) is 5.83. The number of rotatable bonds is 9. The Kier molecular flexibility index (Phi) is 7.17. The third kappa shape index (κ3) is 4.03. The normalized spacial score (nSPS) is 15.8. The molecule has 0 radical (unpaired) electrons. The summed E-state index contributed by atoms with van der Waals surface area (Å²) in [4.78, 5) is 0. The van der Waals surface area contributed by atoms with Gasteiger partial charge in [-0.3, -0.25) is 0 Å². The minimum Gasteiger partial charge on any atom is -0.395 e. The highest BCUT2D eigenvalue weighted by atomic mass is 19.1. The maximum Gasteiger partial charge on any atom is 0.127 e. The zero-order valence-electron chi connectivity index (χ0n) is 12.7. The fourth-order valence-corrected chi connectivity index (χ4v) is 2.90. The van der Waals surface area contributed by atoms with Gasteiger partial charge >= 0.3 is 0 Å². The first kappa shape index (κ1) is 17.1. The van der Waals surface area contributed by atoms with Crippen LogP contribution in [0.15, 0.2) is 24.3 Å². The van der Waals surface area contributed by atoms with Gasteiger partial charge in [0.2, 0.25) is 0 Å². The molecule has 0 spiro atoms. The van der Waals surface area contributed by atoms with Gasteiger partial charge in [0.1, 0.15) is 5.82 Å². The Bertz CT molecular complexity index is 390. The predicted molar refractivity (Wildman–Crippen MR) is 82.1 cm³/mol. The molecule has 1 rings (SSSR count). The summed E-state index contributed by atoms with van der Waals surface area (Å²) < 4.78 is 14.1. The minimum absolute atomic E-state index is 0.104. The molecule has 114 valence electrons. The molecule has 2 atom stereocenters. The van der Waals surface area contributed by atoms with Crippen LogP contribution in [-0.2, 0) is 5.41 Å². The Morgan fingerprint density at radius 2 is 2.00 bits per heavy atom. The number of hydrogen-bond donors (Lipinski definition) is 2. The predicted octanol–water partition coefficient (Wildman–Crippen LogP) is 3.62. The Balaban J connectivity index is 2.99. The van der Waals surface area contributed by atoms with E-state index in [-0.39, 0.29) is 19.0 Å². The van der Waals surface area contributed by atoms with Gasteiger partial charge in [-0.15, -0.1) is 0 Å². The van der Waals surface area contributed by atoms with E-state index in [1.807, 2.05) is 6.07 Å². The molecule has 0 aliphatic carbocycles. The van der Waals surface area contributed by atoms with E-state index in [4.69, 9.17) is 5.73 Å². The van der Waals surface area contributed by atoms with Crippen molar-refractivity contribution in [2.75, 3.05) is 13.2 Å². The van der Waals surface area contributed by atoms with Gasteiger partial charge in [-0.1, -0.05) is 57.7 Å². The van der Waals surface area contributed by atoms with Crippen molar-refractivity contribution in [2.45, 2.75) is 51.4 Å². The van der Waals surface area contributed by atoms with Crippen LogP contribution in [0.4, 0.5) is 4.39 Å². The first-order chi connectivity index (χ1) is 9.63. The van der Waals surface area contributed by atoms with Crippen molar-refractivity contribution in [3.63, 3.8) is 0 Å². The van der Waals surface area contributed by atoms with Crippen molar-refractivity contribution in [1.82, 2.24) is 0 Å². The van der Waals surface area contributed by atoms with Crippen molar-refractivity contribution in [2.24, 2.45) is 11.7 Å². The summed E-state index contributed by atoms with van der Waals surface area (Å²) in [6.07, 6.45) is 5.23. The van der Waals surface area contributed by atoms with E-state index in [0.29, 0.717) is 11.5 Å². The zero-order valence-corrected chi connectivity index (χ0v) is 12.7. The van der Waals surface area contributed by atoms with E-state index in [1.165, 1.54) is 12.5 Å². The van der Waals surface area contributed by atoms with E-state index >= 15 is 0 Å². The fourth-order valence-electron chi connectivity index (χ4n) is 2.90. The minimum atomic E-state index is -0.653. The summed E-state index contributed by atoms with van der Waals surface area (Å²) in [6, 6.07) is 6.69. The van der Waals surface area contributed by atoms with Crippen molar-refractivity contribution < 1.29 is 9.50 Å². The number of halogens is 1. The molecule has 1 aromatic carbocycles. The standard InChI is InChI=1S/C17H28FNO/c1-3-5-8-14(4-2)11-17(12-19,13-20)15-9-6-7-10-16(15)18/h6-7,9-10,14,20H,3-5,8,11-13,19H2,1-2H3. The van der Waals surface area contributed by atoms with E-state index in [2.05, 4.69) is 13.8 Å². The van der Waals surface area contributed by atoms with Crippen LogP contribution in [0.5, 0.6) is 0 Å². The van der Waals surface area contributed by atoms with Crippen molar-refractivity contribution in [3.8, 4) is 0 Å². The van der Waals surface area contributed by atoms with Gasteiger partial charge in [0, 0.05) is 12.0 Å². The average Bonchev–Trinajstić information content (AvgIpc) is 2.49. The molecule has 0 saturated carbocycles. The van der Waals surface area contributed by atoms with Gasteiger partial charge in [-0.05, 0) is 24.0 Å². The van der Waals surface area contributed by atoms with Crippen molar-refractivity contribution in [3.05, 3.63) is 35.6 Å². The van der Waals surface area contributed by atoms with Crippen LogP contribution in [0.1, 0.15) is 51.5 Å². The molecule has 0 aliphatic heterocycles. The molecule has 1 aromatic rings. The highest BCUT2D eigenvalue weighted by Crippen LogP contribution is 2.34. The first-order valence-corrected chi connectivity index (χ1v) is 7.69. The zero-order chi connectivity index (χ0) is 15.0. The lowest BCUT2D eigenvalue weighted by molar-refractivity contribution is 0.160. The Labute approximate surface area is 122 Å². The molecule has 0 aliphatic rings. The lowest BCUT2D eigenvalue weighted by atomic mass is 9.72. The highest BCUT2D eigenvalue weighted by Gasteiger charge is 2.34. The molecule has 3 heteroatoms. The summed E-state index contributed by atoms with van der Waals surface area (Å²) in [6.45, 7) is 4.49. The van der Waals surface area contributed by atoms with E-state index in [1.54, 1.807) is 12.1 Å². The Morgan fingerprint density at radius 1 is 1.30 bits per heavy atom. The van der Waals surface area contributed by atoms with Gasteiger partial charge in [0.05, 0.1) is 6.61 Å². The SMILES string of the molecule is CCCCC(CC)CC(CN)(CO)c1ccccc1F. The van der Waals surface area contributed by atoms with Crippen LogP contribution in [0.2, 0.25) is 0 Å². The molecule has 0 bridgehead atoms. The summed E-state index contributed by atoms with van der Waals surface area (Å²) in [5.74, 6) is 0.211. The molecule has 0 fully saturated rings. The summed E-state index contributed by atoms with van der Waals surface area (Å²) >= 11 is 0. The second-order valence-corrected chi connectivity index (χ2v) is 5.74. The van der Waals surface area contributed by atoms with Crippen LogP contribution in [0.25, 0.3) is 0 Å². The monoisotopic (exact) mass is 281 g/mol. The van der Waals surface area contributed by atoms with Crippen molar-refractivity contribution >= 4 is 0 Å². The van der Waals surface area contributed by atoms with Gasteiger partial charge < -0.3 is 10.8 Å². The van der Waals surface area contributed by atoms with E-state index in [0.717, 1.165) is 25.7 Å². The molecule has 0 saturated heterocycles. The second-order valence-electron chi connectivity index (χ2n) is 5.74. The third-order valence-electron chi connectivity index (χ3n) is 4.36. The largest absolute Gasteiger partial charge is 0.395 e. The molecule has 0 aromatic heterocycles. The van der Waals surface area contributed by atoms with Crippen LogP contribution >= 0.6 is 0 Å². The van der Waals surface area contributed by atoms with Gasteiger partial charge in [-0.25, -0.2) is 4.39 Å². The van der Waals surface area contributed by atoms with E-state index < -0.39 is 5.41 Å². The van der Waals surface area contributed by atoms with Gasteiger partial charge in [-0.2, -0.15) is 0 Å². The number of aliphatic hydroxyl groups excluding tert-OH is 1. The molecule has 20 heavy (non-hydrogen) atoms. The molecule has 2 unspecified atom stereocenters. The van der Waals surface area contributed by atoms with Crippen molar-refractivity contribution in [1.29, 1.82) is 0 Å². The first-order valence-electron chi connectivity index (χ1n) is 7.69. The number of unbranched alkanes of at least 4 members (excludes halogenated alkanes) is 1. The molecular formula is C17H28FNO. The Hall–Kier alpha value is -0.930. The second kappa shape index (κ2) is 8.38. The van der Waals surface area contributed by atoms with Crippen LogP contribution < -0.4 is 5.73 Å². The average molecular weight is 281 g/mol. The molecule has 3 N–H and O–H groups in total. The number of aliphatic hydroxyl groups is 1. The van der Waals surface area contributed by atoms with Crippen LogP contribution in [0.3, 0.4) is 0 Å². The van der Waals surface area contributed by atoms with Crippen LogP contribution in [0, 0.1) is 11.7 Å². The quantitative estimate of drug-likeness (QED) is 0.726. The maximum absolute atomic E-state index is 14.1.